The summed E-state index contributed by atoms with van der Waals surface area (Å²) in [6.45, 7) is 4.49. The summed E-state index contributed by atoms with van der Waals surface area (Å²) in [7, 11) is 1.63. The maximum atomic E-state index is 11.7. The molecule has 0 bridgehead atoms. The summed E-state index contributed by atoms with van der Waals surface area (Å²) in [4.78, 5) is 11.7. The van der Waals surface area contributed by atoms with E-state index in [1.54, 1.807) is 25.3 Å². The quantitative estimate of drug-likeness (QED) is 0.765. The first kappa shape index (κ1) is 15.5. The van der Waals surface area contributed by atoms with E-state index in [-0.39, 0.29) is 11.6 Å². The van der Waals surface area contributed by atoms with Crippen molar-refractivity contribution in [1.29, 1.82) is 0 Å². The zero-order valence-electron chi connectivity index (χ0n) is 12.4. The lowest BCUT2D eigenvalue weighted by molar-refractivity contribution is 0.0952. The van der Waals surface area contributed by atoms with E-state index in [2.05, 4.69) is 27.4 Å². The average Bonchev–Trinajstić information content (AvgIpc) is 2.58. The zero-order valence-corrected chi connectivity index (χ0v) is 12.4. The molecule has 0 saturated heterocycles. The van der Waals surface area contributed by atoms with E-state index in [0.717, 1.165) is 11.3 Å². The second kappa shape index (κ2) is 7.78. The molecule has 1 aromatic heterocycles. The second-order valence-corrected chi connectivity index (χ2v) is 4.47. The topological polar surface area (TPSA) is 76.1 Å². The Morgan fingerprint density at radius 2 is 2.09 bits per heavy atom. The molecule has 0 aliphatic rings. The molecule has 0 radical (unpaired) electrons. The molecular weight excluding hydrogens is 280 g/mol. The van der Waals surface area contributed by atoms with Gasteiger partial charge in [0.15, 0.2) is 5.69 Å². The van der Waals surface area contributed by atoms with Crippen LogP contribution in [0.2, 0.25) is 0 Å². The molecule has 0 unspecified atom stereocenters. The first-order chi connectivity index (χ1) is 10.7. The molecule has 1 amide bonds. The highest BCUT2D eigenvalue weighted by Crippen LogP contribution is 2.18. The third kappa shape index (κ3) is 4.05. The van der Waals surface area contributed by atoms with Crippen LogP contribution in [0.25, 0.3) is 0 Å². The number of aromatic nitrogens is 2. The molecule has 0 spiro atoms. The first-order valence-electron chi connectivity index (χ1n) is 6.83. The number of anilines is 1. The van der Waals surface area contributed by atoms with Crippen LogP contribution < -0.4 is 15.4 Å². The predicted octanol–water partition coefficient (Wildman–Crippen LogP) is 2.01. The molecule has 0 fully saturated rings. The third-order valence-electron chi connectivity index (χ3n) is 2.96. The lowest BCUT2D eigenvalue weighted by atomic mass is 10.2. The maximum Gasteiger partial charge on any atom is 0.272 e. The Balaban J connectivity index is 1.96. The Morgan fingerprint density at radius 3 is 2.77 bits per heavy atom. The van der Waals surface area contributed by atoms with Gasteiger partial charge in [0, 0.05) is 18.7 Å². The minimum absolute atomic E-state index is 0.268. The SMILES string of the molecule is C=CCNC(=O)c1ccc(NCc2ccccc2OC)nn1. The number of carbonyl (C=O) groups is 1. The predicted molar refractivity (Wildman–Crippen MR) is 84.9 cm³/mol. The van der Waals surface area contributed by atoms with Crippen LogP contribution >= 0.6 is 0 Å². The summed E-state index contributed by atoms with van der Waals surface area (Å²) in [6, 6.07) is 11.1. The van der Waals surface area contributed by atoms with E-state index in [1.807, 2.05) is 24.3 Å². The van der Waals surface area contributed by atoms with E-state index in [4.69, 9.17) is 4.74 Å². The molecule has 22 heavy (non-hydrogen) atoms. The van der Waals surface area contributed by atoms with Gasteiger partial charge in [-0.25, -0.2) is 0 Å². The fourth-order valence-corrected chi connectivity index (χ4v) is 1.84. The molecule has 2 rings (SSSR count). The van der Waals surface area contributed by atoms with E-state index in [9.17, 15) is 4.79 Å². The number of benzene rings is 1. The highest BCUT2D eigenvalue weighted by Gasteiger charge is 2.07. The summed E-state index contributed by atoms with van der Waals surface area (Å²) in [5.74, 6) is 1.12. The molecule has 2 aromatic rings. The molecule has 0 saturated carbocycles. The summed E-state index contributed by atoms with van der Waals surface area (Å²) < 4.78 is 5.28. The van der Waals surface area contributed by atoms with E-state index >= 15 is 0 Å². The summed E-state index contributed by atoms with van der Waals surface area (Å²) in [5, 5.41) is 13.7. The Kier molecular flexibility index (Phi) is 5.48. The molecule has 2 N–H and O–H groups in total. The number of amides is 1. The Morgan fingerprint density at radius 1 is 1.27 bits per heavy atom. The van der Waals surface area contributed by atoms with Crippen molar-refractivity contribution < 1.29 is 9.53 Å². The van der Waals surface area contributed by atoms with Crippen molar-refractivity contribution in [1.82, 2.24) is 15.5 Å². The first-order valence-corrected chi connectivity index (χ1v) is 6.83. The summed E-state index contributed by atoms with van der Waals surface area (Å²) >= 11 is 0. The van der Waals surface area contributed by atoms with Gasteiger partial charge in [0.25, 0.3) is 5.91 Å². The fraction of sp³-hybridized carbons (Fsp3) is 0.188. The second-order valence-electron chi connectivity index (χ2n) is 4.47. The zero-order chi connectivity index (χ0) is 15.8. The lowest BCUT2D eigenvalue weighted by Gasteiger charge is -2.09. The van der Waals surface area contributed by atoms with Crippen LogP contribution in [-0.2, 0) is 6.54 Å². The third-order valence-corrected chi connectivity index (χ3v) is 2.96. The number of para-hydroxylation sites is 1. The largest absolute Gasteiger partial charge is 0.496 e. The van der Waals surface area contributed by atoms with Crippen LogP contribution in [0.15, 0.2) is 49.1 Å². The van der Waals surface area contributed by atoms with Crippen molar-refractivity contribution in [3.63, 3.8) is 0 Å². The molecule has 0 aliphatic carbocycles. The molecule has 6 nitrogen and oxygen atoms in total. The molecule has 114 valence electrons. The van der Waals surface area contributed by atoms with Crippen LogP contribution in [0.1, 0.15) is 16.1 Å². The van der Waals surface area contributed by atoms with E-state index < -0.39 is 0 Å². The van der Waals surface area contributed by atoms with Crippen molar-refractivity contribution in [2.24, 2.45) is 0 Å². The molecule has 0 aliphatic heterocycles. The number of hydrogen-bond acceptors (Lipinski definition) is 5. The van der Waals surface area contributed by atoms with E-state index in [0.29, 0.717) is 18.9 Å². The van der Waals surface area contributed by atoms with Gasteiger partial charge in [-0.2, -0.15) is 0 Å². The van der Waals surface area contributed by atoms with Crippen LogP contribution in [-0.4, -0.2) is 29.8 Å². The Bertz CT molecular complexity index is 641. The van der Waals surface area contributed by atoms with Gasteiger partial charge in [0.05, 0.1) is 7.11 Å². The summed E-state index contributed by atoms with van der Waals surface area (Å²) in [6.07, 6.45) is 1.61. The molecule has 1 heterocycles. The van der Waals surface area contributed by atoms with Gasteiger partial charge < -0.3 is 15.4 Å². The molecule has 1 aromatic carbocycles. The Labute approximate surface area is 129 Å². The van der Waals surface area contributed by atoms with Crippen LogP contribution in [0, 0.1) is 0 Å². The fourth-order valence-electron chi connectivity index (χ4n) is 1.84. The van der Waals surface area contributed by atoms with Gasteiger partial charge in [-0.3, -0.25) is 4.79 Å². The number of rotatable bonds is 7. The van der Waals surface area contributed by atoms with Crippen molar-refractivity contribution in [3.05, 3.63) is 60.3 Å². The minimum Gasteiger partial charge on any atom is -0.496 e. The summed E-state index contributed by atoms with van der Waals surface area (Å²) in [5.41, 5.74) is 1.28. The number of nitrogens with zero attached hydrogens (tertiary/aromatic N) is 2. The van der Waals surface area contributed by atoms with Gasteiger partial charge in [-0.15, -0.1) is 16.8 Å². The van der Waals surface area contributed by atoms with Gasteiger partial charge in [-0.05, 0) is 18.2 Å². The maximum absolute atomic E-state index is 11.7. The van der Waals surface area contributed by atoms with Gasteiger partial charge in [0.2, 0.25) is 0 Å². The molecule has 6 heteroatoms. The monoisotopic (exact) mass is 298 g/mol. The number of nitrogens with one attached hydrogen (secondary N) is 2. The van der Waals surface area contributed by atoms with Crippen LogP contribution in [0.3, 0.4) is 0 Å². The Hall–Kier alpha value is -2.89. The van der Waals surface area contributed by atoms with Crippen molar-refractivity contribution >= 4 is 11.7 Å². The van der Waals surface area contributed by atoms with E-state index in [1.165, 1.54) is 0 Å². The highest BCUT2D eigenvalue weighted by atomic mass is 16.5. The normalized spacial score (nSPS) is 9.86. The van der Waals surface area contributed by atoms with Crippen molar-refractivity contribution in [2.75, 3.05) is 19.0 Å². The number of hydrogen-bond donors (Lipinski definition) is 2. The smallest absolute Gasteiger partial charge is 0.272 e. The van der Waals surface area contributed by atoms with Crippen LogP contribution in [0.4, 0.5) is 5.82 Å². The number of ether oxygens (including phenoxy) is 1. The molecule has 0 atom stereocenters. The standard InChI is InChI=1S/C16H18N4O2/c1-3-10-17-16(21)13-8-9-15(20-19-13)18-11-12-6-4-5-7-14(12)22-2/h3-9H,1,10-11H2,2H3,(H,17,21)(H,18,20). The molecular formula is C16H18N4O2. The number of methoxy groups -OCH3 is 1. The lowest BCUT2D eigenvalue weighted by Crippen LogP contribution is -2.24. The van der Waals surface area contributed by atoms with Crippen molar-refractivity contribution in [2.45, 2.75) is 6.54 Å². The number of carbonyl (C=O) groups excluding carboxylic acids is 1. The van der Waals surface area contributed by atoms with Gasteiger partial charge >= 0.3 is 0 Å². The van der Waals surface area contributed by atoms with Gasteiger partial charge in [0.1, 0.15) is 11.6 Å². The highest BCUT2D eigenvalue weighted by molar-refractivity contribution is 5.92. The van der Waals surface area contributed by atoms with Crippen molar-refractivity contribution in [3.8, 4) is 5.75 Å². The van der Waals surface area contributed by atoms with Crippen LogP contribution in [0.5, 0.6) is 5.75 Å². The van der Waals surface area contributed by atoms with Gasteiger partial charge in [-0.1, -0.05) is 24.3 Å². The minimum atomic E-state index is -0.274. The average molecular weight is 298 g/mol.